The van der Waals surface area contributed by atoms with Crippen molar-refractivity contribution in [3.05, 3.63) is 97.1 Å². The van der Waals surface area contributed by atoms with Crippen LogP contribution >= 0.6 is 15.1 Å². The molecule has 0 spiro atoms. The fourth-order valence-corrected chi connectivity index (χ4v) is 12.7. The molecule has 1 aliphatic heterocycles. The monoisotopic (exact) mass is 549 g/mol. The van der Waals surface area contributed by atoms with Gasteiger partial charge >= 0.3 is 6.09 Å². The highest BCUT2D eigenvalue weighted by Crippen LogP contribution is 2.60. The summed E-state index contributed by atoms with van der Waals surface area (Å²) in [6.45, 7) is 6.65. The fourth-order valence-electron chi connectivity index (χ4n) is 6.55. The zero-order valence-corrected chi connectivity index (χ0v) is 24.5. The minimum absolute atomic E-state index is 0.151. The molecule has 6 aromatic rings. The Morgan fingerprint density at radius 3 is 1.67 bits per heavy atom. The van der Waals surface area contributed by atoms with Gasteiger partial charge in [-0.1, -0.05) is 97.1 Å². The summed E-state index contributed by atoms with van der Waals surface area (Å²) in [4.78, 5) is 15.8. The van der Waals surface area contributed by atoms with E-state index in [4.69, 9.17) is 4.74 Å². The second kappa shape index (κ2) is 9.44. The summed E-state index contributed by atoms with van der Waals surface area (Å²) >= 11 is 0. The fraction of sp³-hybridized carbons (Fsp3) is 0.265. The summed E-state index contributed by atoms with van der Waals surface area (Å²) in [7, 11) is -1.11. The number of rotatable bonds is 3. The van der Waals surface area contributed by atoms with Gasteiger partial charge in [-0.3, -0.25) is 0 Å². The van der Waals surface area contributed by atoms with Crippen molar-refractivity contribution < 1.29 is 9.53 Å². The molecule has 2 aromatic heterocycles. The zero-order chi connectivity index (χ0) is 26.7. The van der Waals surface area contributed by atoms with E-state index in [2.05, 4.69) is 102 Å². The van der Waals surface area contributed by atoms with Crippen LogP contribution in [0.5, 0.6) is 0 Å². The number of hydrogen-bond acceptors (Lipinski definition) is 2. The first-order valence-electron chi connectivity index (χ1n) is 13.8. The molecule has 5 heteroatoms. The van der Waals surface area contributed by atoms with E-state index in [0.29, 0.717) is 5.66 Å². The van der Waals surface area contributed by atoms with Gasteiger partial charge in [0.25, 0.3) is 0 Å². The molecule has 1 fully saturated rings. The van der Waals surface area contributed by atoms with Crippen molar-refractivity contribution >= 4 is 63.2 Å². The minimum atomic E-state index is -0.554. The first-order valence-corrected chi connectivity index (χ1v) is 16.8. The molecule has 39 heavy (non-hydrogen) atoms. The number of amides is 1. The van der Waals surface area contributed by atoms with Crippen molar-refractivity contribution in [2.45, 2.75) is 50.7 Å². The molecule has 0 radical (unpaired) electrons. The normalized spacial score (nSPS) is 18.1. The summed E-state index contributed by atoms with van der Waals surface area (Å²) in [5.74, 6) is 0. The number of hydrogen-bond donors (Lipinski definition) is 0. The average molecular weight is 550 g/mol. The summed E-state index contributed by atoms with van der Waals surface area (Å²) in [6, 6.07) is 35.7. The van der Waals surface area contributed by atoms with Gasteiger partial charge < -0.3 is 9.64 Å². The van der Waals surface area contributed by atoms with Crippen LogP contribution in [0.2, 0.25) is 0 Å². The van der Waals surface area contributed by atoms with E-state index in [1.165, 1.54) is 42.0 Å². The van der Waals surface area contributed by atoms with E-state index in [9.17, 15) is 4.79 Å². The van der Waals surface area contributed by atoms with E-state index in [-0.39, 0.29) is 12.1 Å². The Morgan fingerprint density at radius 1 is 0.744 bits per heavy atom. The predicted octanol–water partition coefficient (Wildman–Crippen LogP) is 10.5. The van der Waals surface area contributed by atoms with Crippen LogP contribution in [-0.4, -0.2) is 29.2 Å². The molecule has 1 saturated heterocycles. The van der Waals surface area contributed by atoms with E-state index < -0.39 is 20.7 Å². The van der Waals surface area contributed by atoms with Gasteiger partial charge in [0.15, 0.2) is 0 Å². The van der Waals surface area contributed by atoms with Crippen LogP contribution in [-0.2, 0) is 10.9 Å². The number of ether oxygens (including phenoxy) is 1. The van der Waals surface area contributed by atoms with Gasteiger partial charge in [0.2, 0.25) is 0 Å². The van der Waals surface area contributed by atoms with Crippen molar-refractivity contribution in [3.63, 3.8) is 0 Å². The predicted molar refractivity (Wildman–Crippen MR) is 169 cm³/mol. The first-order chi connectivity index (χ1) is 18.9. The van der Waals surface area contributed by atoms with Gasteiger partial charge in [-0.25, -0.2) is 4.79 Å². The lowest BCUT2D eigenvalue weighted by molar-refractivity contribution is 0.0233. The molecule has 1 amide bonds. The van der Waals surface area contributed by atoms with Crippen molar-refractivity contribution in [2.24, 2.45) is 0 Å². The lowest BCUT2D eigenvalue weighted by atomic mass is 10.2. The second-order valence-electron chi connectivity index (χ2n) is 11.7. The molecule has 0 saturated carbocycles. The maximum Gasteiger partial charge on any atom is 0.410 e. The lowest BCUT2D eigenvalue weighted by Crippen LogP contribution is -2.40. The summed E-state index contributed by atoms with van der Waals surface area (Å²) in [6.07, 6.45) is 1.82. The van der Waals surface area contributed by atoms with Gasteiger partial charge in [-0.2, -0.15) is 0 Å². The molecule has 4 aromatic carbocycles. The third-order valence-electron chi connectivity index (χ3n) is 8.08. The standard InChI is InChI=1S/C34H33NO2P2/c1-34(2,3)37-33(36)35-21-24(39-31-18-10-6-14-27(31)28-15-7-11-19-32(28)39)20-23(35)22-38-29-16-8-4-12-25(29)26-13-5-9-17-30(26)38/h4-19,23-24H,20-22H2,1-3H3/t23-,24-/m1/s1. The van der Waals surface area contributed by atoms with E-state index >= 15 is 0 Å². The van der Waals surface area contributed by atoms with E-state index in [0.717, 1.165) is 19.1 Å². The molecule has 0 unspecified atom stereocenters. The topological polar surface area (TPSA) is 29.5 Å². The van der Waals surface area contributed by atoms with Gasteiger partial charge in [0, 0.05) is 44.9 Å². The minimum Gasteiger partial charge on any atom is -0.444 e. The van der Waals surface area contributed by atoms with Crippen molar-refractivity contribution in [1.82, 2.24) is 4.90 Å². The Bertz CT molecular complexity index is 1750. The maximum atomic E-state index is 13.7. The molecule has 3 nitrogen and oxygen atoms in total. The van der Waals surface area contributed by atoms with Gasteiger partial charge in [-0.05, 0) is 48.7 Å². The van der Waals surface area contributed by atoms with Crippen molar-refractivity contribution in [2.75, 3.05) is 6.54 Å². The lowest BCUT2D eigenvalue weighted by Gasteiger charge is -2.28. The number of carbonyl (C=O) groups excluding carboxylic acids is 1. The first kappa shape index (κ1) is 24.8. The highest BCUT2D eigenvalue weighted by atomic mass is 31.1. The molecule has 0 N–H and O–H groups in total. The van der Waals surface area contributed by atoms with Crippen molar-refractivity contribution in [3.8, 4) is 0 Å². The number of benzene rings is 4. The molecule has 3 heterocycles. The molecule has 0 bridgehead atoms. The smallest absolute Gasteiger partial charge is 0.410 e. The molecule has 7 rings (SSSR count). The van der Waals surface area contributed by atoms with Crippen LogP contribution in [0.25, 0.3) is 42.0 Å². The number of nitrogens with zero attached hydrogens (tertiary/aromatic N) is 1. The summed E-state index contributed by atoms with van der Waals surface area (Å²) in [5, 5.41) is 11.3. The molecule has 2 atom stereocenters. The van der Waals surface area contributed by atoms with Crippen LogP contribution < -0.4 is 0 Å². The Balaban J connectivity index is 1.34. The number of fused-ring (bicyclic) bond motifs is 6. The zero-order valence-electron chi connectivity index (χ0n) is 22.7. The highest BCUT2D eigenvalue weighted by Gasteiger charge is 2.40. The van der Waals surface area contributed by atoms with Crippen LogP contribution in [0.4, 0.5) is 4.79 Å². The third kappa shape index (κ3) is 4.24. The number of likely N-dealkylation sites (tertiary alicyclic amines) is 1. The SMILES string of the molecule is CC(C)(C)OC(=O)N1C[C@H](p2c3ccccc3c3ccccc32)C[C@@H]1Cp1c2ccccc2c2ccccc21. The average Bonchev–Trinajstić information content (AvgIpc) is 3.59. The molecular weight excluding hydrogens is 516 g/mol. The second-order valence-corrected chi connectivity index (χ2v) is 16.3. The van der Waals surface area contributed by atoms with Crippen LogP contribution in [0.1, 0.15) is 32.9 Å². The Labute approximate surface area is 231 Å². The molecular formula is C34H33NO2P2. The molecule has 0 aliphatic carbocycles. The largest absolute Gasteiger partial charge is 0.444 e. The highest BCUT2D eigenvalue weighted by molar-refractivity contribution is 7.62. The summed E-state index contributed by atoms with van der Waals surface area (Å²) in [5.41, 5.74) is -0.111. The molecule has 196 valence electrons. The Morgan fingerprint density at radius 2 is 1.18 bits per heavy atom. The van der Waals surface area contributed by atoms with Gasteiger partial charge in [0.05, 0.1) is 0 Å². The third-order valence-corrected chi connectivity index (χ3v) is 13.7. The van der Waals surface area contributed by atoms with Crippen LogP contribution in [0, 0.1) is 0 Å². The quantitative estimate of drug-likeness (QED) is 0.220. The van der Waals surface area contributed by atoms with Crippen LogP contribution in [0.15, 0.2) is 97.1 Å². The van der Waals surface area contributed by atoms with Crippen molar-refractivity contribution in [1.29, 1.82) is 0 Å². The van der Waals surface area contributed by atoms with Crippen LogP contribution in [0.3, 0.4) is 0 Å². The maximum absolute atomic E-state index is 13.7. The Hall–Kier alpha value is -3.25. The summed E-state index contributed by atoms with van der Waals surface area (Å²) < 4.78 is 6.01. The number of carbonyl (C=O) groups is 1. The van der Waals surface area contributed by atoms with E-state index in [1.807, 2.05) is 20.8 Å². The Kier molecular flexibility index (Phi) is 6.00. The molecule has 1 aliphatic rings. The van der Waals surface area contributed by atoms with Gasteiger partial charge in [0.1, 0.15) is 5.60 Å². The van der Waals surface area contributed by atoms with E-state index in [1.54, 1.807) is 0 Å². The van der Waals surface area contributed by atoms with Gasteiger partial charge in [-0.15, -0.1) is 15.1 Å².